The third-order valence-electron chi connectivity index (χ3n) is 8.05. The Morgan fingerprint density at radius 2 is 1.10 bits per heavy atom. The van der Waals surface area contributed by atoms with Crippen LogP contribution in [0.15, 0.2) is 133 Å². The summed E-state index contributed by atoms with van der Waals surface area (Å²) in [5.74, 6) is 1.91. The number of aromatic nitrogens is 4. The van der Waals surface area contributed by atoms with E-state index in [0.717, 1.165) is 22.2 Å². The van der Waals surface area contributed by atoms with Gasteiger partial charge in [0.05, 0.1) is 11.0 Å². The Labute approximate surface area is 245 Å². The average molecular weight is 555 g/mol. The third kappa shape index (κ3) is 3.44. The van der Waals surface area contributed by atoms with Crippen molar-refractivity contribution >= 4 is 64.1 Å². The number of rotatable bonds is 3. The van der Waals surface area contributed by atoms with Gasteiger partial charge in [-0.1, -0.05) is 115 Å². The summed E-state index contributed by atoms with van der Waals surface area (Å²) in [5, 5.41) is 7.55. The second-order valence-corrected chi connectivity index (χ2v) is 11.5. The molecule has 9 aromatic rings. The molecule has 42 heavy (non-hydrogen) atoms. The van der Waals surface area contributed by atoms with E-state index >= 15 is 0 Å². The van der Waals surface area contributed by atoms with E-state index in [0.29, 0.717) is 17.6 Å². The van der Waals surface area contributed by atoms with E-state index in [4.69, 9.17) is 15.0 Å². The van der Waals surface area contributed by atoms with Crippen LogP contribution in [0.4, 0.5) is 0 Å². The van der Waals surface area contributed by atoms with Crippen molar-refractivity contribution in [2.45, 2.75) is 0 Å². The van der Waals surface area contributed by atoms with Crippen molar-refractivity contribution in [1.82, 2.24) is 19.5 Å². The van der Waals surface area contributed by atoms with Crippen LogP contribution in [0.2, 0.25) is 0 Å². The zero-order valence-corrected chi connectivity index (χ0v) is 23.2. The molecule has 0 spiro atoms. The molecule has 0 saturated heterocycles. The Hall–Kier alpha value is -5.39. The summed E-state index contributed by atoms with van der Waals surface area (Å²) < 4.78 is 4.81. The minimum atomic E-state index is 0.609. The lowest BCUT2D eigenvalue weighted by Crippen LogP contribution is -2.06. The van der Waals surface area contributed by atoms with Crippen LogP contribution in [0.1, 0.15) is 0 Å². The highest BCUT2D eigenvalue weighted by atomic mass is 32.1. The van der Waals surface area contributed by atoms with E-state index in [1.54, 1.807) is 0 Å². The van der Waals surface area contributed by atoms with Gasteiger partial charge in [-0.25, -0.2) is 4.98 Å². The van der Waals surface area contributed by atoms with Crippen molar-refractivity contribution in [2.75, 3.05) is 0 Å². The van der Waals surface area contributed by atoms with Crippen LogP contribution in [-0.4, -0.2) is 19.5 Å². The van der Waals surface area contributed by atoms with Gasteiger partial charge < -0.3 is 0 Å². The molecular weight excluding hydrogens is 533 g/mol. The normalized spacial score (nSPS) is 11.8. The van der Waals surface area contributed by atoms with Crippen LogP contribution in [0.25, 0.3) is 81.5 Å². The number of nitrogens with zero attached hydrogens (tertiary/aromatic N) is 4. The van der Waals surface area contributed by atoms with Crippen molar-refractivity contribution in [2.24, 2.45) is 0 Å². The molecule has 0 aliphatic rings. The first-order chi connectivity index (χ1) is 20.8. The largest absolute Gasteiger partial charge is 0.278 e. The fourth-order valence-electron chi connectivity index (χ4n) is 6.17. The molecule has 0 aliphatic carbocycles. The molecule has 196 valence electrons. The first-order valence-corrected chi connectivity index (χ1v) is 14.8. The predicted octanol–water partition coefficient (Wildman–Crippen LogP) is 9.82. The number of thiophene rings is 1. The fourth-order valence-corrected chi connectivity index (χ4v) is 7.41. The average Bonchev–Trinajstić information content (AvgIpc) is 3.61. The van der Waals surface area contributed by atoms with Crippen molar-refractivity contribution in [3.8, 4) is 28.7 Å². The van der Waals surface area contributed by atoms with Gasteiger partial charge in [-0.3, -0.25) is 4.57 Å². The van der Waals surface area contributed by atoms with E-state index in [-0.39, 0.29) is 0 Å². The molecule has 0 N–H and O–H groups in total. The summed E-state index contributed by atoms with van der Waals surface area (Å²) in [4.78, 5) is 15.1. The van der Waals surface area contributed by atoms with Crippen LogP contribution in [-0.2, 0) is 0 Å². The maximum Gasteiger partial charge on any atom is 0.238 e. The van der Waals surface area contributed by atoms with Gasteiger partial charge in [0.1, 0.15) is 0 Å². The lowest BCUT2D eigenvalue weighted by molar-refractivity contribution is 0.953. The number of fused-ring (bicyclic) bond motifs is 9. The van der Waals surface area contributed by atoms with Crippen LogP contribution < -0.4 is 0 Å². The molecule has 0 radical (unpaired) electrons. The van der Waals surface area contributed by atoms with Gasteiger partial charge in [0.2, 0.25) is 5.95 Å². The minimum absolute atomic E-state index is 0.609. The van der Waals surface area contributed by atoms with Crippen molar-refractivity contribution in [3.63, 3.8) is 0 Å². The van der Waals surface area contributed by atoms with Crippen LogP contribution in [0.5, 0.6) is 0 Å². The lowest BCUT2D eigenvalue weighted by Gasteiger charge is -2.10. The zero-order chi connectivity index (χ0) is 27.6. The van der Waals surface area contributed by atoms with Crippen molar-refractivity contribution in [1.29, 1.82) is 0 Å². The number of hydrogen-bond acceptors (Lipinski definition) is 4. The summed E-state index contributed by atoms with van der Waals surface area (Å²) in [6.45, 7) is 0. The molecule has 3 heterocycles. The van der Waals surface area contributed by atoms with E-state index < -0.39 is 0 Å². The molecule has 3 aromatic heterocycles. The van der Waals surface area contributed by atoms with Gasteiger partial charge in [0.15, 0.2) is 11.6 Å². The van der Waals surface area contributed by atoms with Crippen LogP contribution >= 0.6 is 11.3 Å². The minimum Gasteiger partial charge on any atom is -0.278 e. The highest BCUT2D eigenvalue weighted by Gasteiger charge is 2.21. The van der Waals surface area contributed by atoms with E-state index in [2.05, 4.69) is 77.4 Å². The SMILES string of the molecule is c1ccc(-c2nc(-c3ccccc3)nc(-n3c4ccccc4c4c5c(ccc43)sc3c4ccccc4ccc35)n2)cc1. The lowest BCUT2D eigenvalue weighted by atomic mass is 10.0. The van der Waals surface area contributed by atoms with E-state index in [9.17, 15) is 0 Å². The molecule has 0 unspecified atom stereocenters. The summed E-state index contributed by atoms with van der Waals surface area (Å²) in [6.07, 6.45) is 0. The standard InChI is InChI=1S/C37H22N4S/c1-3-12-24(13-4-1)35-38-36(25-14-5-2-6-15-25)40-37(39-35)41-29-18-10-9-17-27(29)32-30(41)21-22-31-33(32)28-20-19-23-11-7-8-16-26(23)34(28)42-31/h1-22H. The third-order valence-corrected chi connectivity index (χ3v) is 9.25. The summed E-state index contributed by atoms with van der Waals surface area (Å²) in [6, 6.07) is 46.5. The first kappa shape index (κ1) is 23.3. The predicted molar refractivity (Wildman–Crippen MR) is 175 cm³/mol. The Kier molecular flexibility index (Phi) is 5.03. The second kappa shape index (κ2) is 9.06. The molecule has 9 rings (SSSR count). The molecule has 0 aliphatic heterocycles. The maximum absolute atomic E-state index is 5.09. The monoisotopic (exact) mass is 554 g/mol. The highest BCUT2D eigenvalue weighted by Crippen LogP contribution is 2.45. The van der Waals surface area contributed by atoms with Gasteiger partial charge >= 0.3 is 0 Å². The molecule has 6 aromatic carbocycles. The molecule has 0 saturated carbocycles. The molecule has 4 nitrogen and oxygen atoms in total. The summed E-state index contributed by atoms with van der Waals surface area (Å²) >= 11 is 1.87. The zero-order valence-electron chi connectivity index (χ0n) is 22.4. The van der Waals surface area contributed by atoms with E-state index in [1.807, 2.05) is 72.0 Å². The van der Waals surface area contributed by atoms with Gasteiger partial charge in [0.25, 0.3) is 0 Å². The quantitative estimate of drug-likeness (QED) is 0.218. The Balaban J connectivity index is 1.41. The van der Waals surface area contributed by atoms with Crippen molar-refractivity contribution in [3.05, 3.63) is 133 Å². The van der Waals surface area contributed by atoms with Gasteiger partial charge in [-0.2, -0.15) is 9.97 Å². The number of para-hydroxylation sites is 1. The van der Waals surface area contributed by atoms with E-state index in [1.165, 1.54) is 41.7 Å². The van der Waals surface area contributed by atoms with Crippen LogP contribution in [0, 0.1) is 0 Å². The summed E-state index contributed by atoms with van der Waals surface area (Å²) in [7, 11) is 0. The second-order valence-electron chi connectivity index (χ2n) is 10.5. The van der Waals surface area contributed by atoms with Crippen molar-refractivity contribution < 1.29 is 0 Å². The fraction of sp³-hybridized carbons (Fsp3) is 0. The smallest absolute Gasteiger partial charge is 0.238 e. The molecule has 5 heteroatoms. The highest BCUT2D eigenvalue weighted by molar-refractivity contribution is 7.27. The molecule has 0 fully saturated rings. The molecule has 0 atom stereocenters. The Morgan fingerprint density at radius 3 is 1.83 bits per heavy atom. The van der Waals surface area contributed by atoms with Gasteiger partial charge in [-0.05, 0) is 29.0 Å². The molecule has 0 bridgehead atoms. The summed E-state index contributed by atoms with van der Waals surface area (Å²) in [5.41, 5.74) is 4.07. The maximum atomic E-state index is 5.09. The van der Waals surface area contributed by atoms with Crippen LogP contribution in [0.3, 0.4) is 0 Å². The first-order valence-electron chi connectivity index (χ1n) is 14.0. The molecule has 0 amide bonds. The topological polar surface area (TPSA) is 43.6 Å². The number of benzene rings is 6. The van der Waals surface area contributed by atoms with Gasteiger partial charge in [-0.15, -0.1) is 11.3 Å². The Morgan fingerprint density at radius 1 is 0.452 bits per heavy atom. The molecular formula is C37H22N4S. The van der Waals surface area contributed by atoms with Gasteiger partial charge in [0, 0.05) is 42.1 Å². The number of hydrogen-bond donors (Lipinski definition) is 0. The Bertz CT molecular complexity index is 2400.